The van der Waals surface area contributed by atoms with Gasteiger partial charge in [0.25, 0.3) is 0 Å². The van der Waals surface area contributed by atoms with E-state index in [0.717, 1.165) is 0 Å². The van der Waals surface area contributed by atoms with Crippen LogP contribution in [0.2, 0.25) is 0 Å². The van der Waals surface area contributed by atoms with Crippen molar-refractivity contribution in [2.45, 2.75) is 77.1 Å². The molecule has 2 aliphatic carbocycles. The van der Waals surface area contributed by atoms with Crippen LogP contribution >= 0.6 is 0 Å². The fourth-order valence-electron chi connectivity index (χ4n) is 4.68. The molecule has 1 fully saturated rings. The summed E-state index contributed by atoms with van der Waals surface area (Å²) in [5.41, 5.74) is 10.1. The van der Waals surface area contributed by atoms with Crippen LogP contribution in [0.25, 0.3) is 0 Å². The predicted octanol–water partition coefficient (Wildman–Crippen LogP) is 3.36. The zero-order valence-electron chi connectivity index (χ0n) is 19.5. The summed E-state index contributed by atoms with van der Waals surface area (Å²) in [6, 6.07) is 6.70. The topological polar surface area (TPSA) is 125 Å². The van der Waals surface area contributed by atoms with E-state index in [1.807, 2.05) is 26.8 Å². The lowest BCUT2D eigenvalue weighted by Crippen LogP contribution is -2.59. The number of benzene rings is 1. The Morgan fingerprint density at radius 2 is 1.62 bits per heavy atom. The van der Waals surface area contributed by atoms with Gasteiger partial charge in [-0.15, -0.1) is 0 Å². The first-order valence-electron chi connectivity index (χ1n) is 10.8. The monoisotopic (exact) mass is 442 g/mol. The summed E-state index contributed by atoms with van der Waals surface area (Å²) in [4.78, 5) is 25.2. The molecular weight excluding hydrogens is 408 g/mol. The van der Waals surface area contributed by atoms with Crippen molar-refractivity contribution >= 4 is 11.8 Å². The van der Waals surface area contributed by atoms with Crippen LogP contribution in [0.3, 0.4) is 0 Å². The Morgan fingerprint density at radius 1 is 1.03 bits per heavy atom. The molecule has 0 heterocycles. The molecule has 1 atom stereocenters. The average molecular weight is 443 g/mol. The van der Waals surface area contributed by atoms with Gasteiger partial charge in [0.1, 0.15) is 22.6 Å². The van der Waals surface area contributed by atoms with Crippen LogP contribution in [0, 0.1) is 5.41 Å². The van der Waals surface area contributed by atoms with Crippen molar-refractivity contribution in [2.24, 2.45) is 16.9 Å². The number of ether oxygens (including phenoxy) is 2. The first kappa shape index (κ1) is 23.9. The fraction of sp³-hybridized carbons (Fsp3) is 0.520. The zero-order chi connectivity index (χ0) is 23.9. The number of carbonyl (C=O) groups is 2. The third-order valence-electron chi connectivity index (χ3n) is 6.10. The predicted molar refractivity (Wildman–Crippen MR) is 122 cm³/mol. The summed E-state index contributed by atoms with van der Waals surface area (Å²) in [5, 5.41) is 9.89. The van der Waals surface area contributed by atoms with Crippen molar-refractivity contribution in [2.75, 3.05) is 0 Å². The van der Waals surface area contributed by atoms with E-state index in [0.29, 0.717) is 48.4 Å². The molecule has 7 nitrogen and oxygen atoms in total. The van der Waals surface area contributed by atoms with Gasteiger partial charge in [0.15, 0.2) is 5.78 Å². The molecule has 5 N–H and O–H groups in total. The second-order valence-corrected chi connectivity index (χ2v) is 10.5. The van der Waals surface area contributed by atoms with Crippen molar-refractivity contribution in [1.82, 2.24) is 0 Å². The van der Waals surface area contributed by atoms with E-state index in [1.165, 1.54) is 13.8 Å². The molecule has 1 aromatic carbocycles. The van der Waals surface area contributed by atoms with Gasteiger partial charge in [-0.1, -0.05) is 6.08 Å². The van der Waals surface area contributed by atoms with Gasteiger partial charge in [-0.05, 0) is 71.4 Å². The maximum absolute atomic E-state index is 13.0. The molecule has 7 heteroatoms. The number of hydrogen-bond donors (Lipinski definition) is 3. The molecule has 0 aliphatic heterocycles. The van der Waals surface area contributed by atoms with E-state index in [9.17, 15) is 14.7 Å². The molecule has 0 saturated heterocycles. The van der Waals surface area contributed by atoms with Gasteiger partial charge in [-0.25, -0.2) is 0 Å². The van der Waals surface area contributed by atoms with Gasteiger partial charge in [-0.2, -0.15) is 0 Å². The smallest absolute Gasteiger partial charge is 0.313 e. The minimum Gasteiger partial charge on any atom is -0.487 e. The molecule has 0 bridgehead atoms. The number of nitrogens with two attached hydrogens (primary N) is 2. The lowest BCUT2D eigenvalue weighted by molar-refractivity contribution is -0.203. The van der Waals surface area contributed by atoms with E-state index >= 15 is 0 Å². The Kier molecular flexibility index (Phi) is 5.93. The molecule has 2 aliphatic rings. The molecular formula is C25H34N2O5. The van der Waals surface area contributed by atoms with Crippen molar-refractivity contribution in [3.8, 4) is 5.75 Å². The van der Waals surface area contributed by atoms with E-state index in [1.54, 1.807) is 30.3 Å². The number of Topliss-reactive ketones (excluding diaryl/α,β-unsaturated/α-hetero) is 1. The highest BCUT2D eigenvalue weighted by molar-refractivity contribution is 6.01. The zero-order valence-corrected chi connectivity index (χ0v) is 19.5. The minimum absolute atomic E-state index is 0.293. The number of ketones is 1. The first-order chi connectivity index (χ1) is 14.6. The number of rotatable bonds is 6. The molecule has 0 amide bonds. The van der Waals surface area contributed by atoms with Crippen LogP contribution in [0.1, 0.15) is 70.7 Å². The normalized spacial score (nSPS) is 30.3. The van der Waals surface area contributed by atoms with E-state index in [-0.39, 0.29) is 11.8 Å². The van der Waals surface area contributed by atoms with Crippen LogP contribution in [0.15, 0.2) is 47.8 Å². The second kappa shape index (κ2) is 7.96. The molecule has 1 unspecified atom stereocenters. The summed E-state index contributed by atoms with van der Waals surface area (Å²) in [6.45, 7) is 8.64. The highest BCUT2D eigenvalue weighted by Crippen LogP contribution is 2.48. The van der Waals surface area contributed by atoms with Crippen LogP contribution in [-0.4, -0.2) is 33.7 Å². The van der Waals surface area contributed by atoms with Crippen LogP contribution in [-0.2, 0) is 9.53 Å². The third kappa shape index (κ3) is 5.15. The minimum atomic E-state index is -1.43. The highest BCUT2D eigenvalue weighted by atomic mass is 16.6. The summed E-state index contributed by atoms with van der Waals surface area (Å²) in [6.07, 6.45) is 5.43. The Morgan fingerprint density at radius 3 is 2.19 bits per heavy atom. The number of esters is 1. The second-order valence-electron chi connectivity index (χ2n) is 10.5. The van der Waals surface area contributed by atoms with Crippen molar-refractivity contribution in [1.29, 1.82) is 0 Å². The van der Waals surface area contributed by atoms with E-state index in [2.05, 4.69) is 0 Å². The Balaban J connectivity index is 1.61. The maximum atomic E-state index is 13.0. The summed E-state index contributed by atoms with van der Waals surface area (Å²) >= 11 is 0. The third-order valence-corrected chi connectivity index (χ3v) is 6.10. The van der Waals surface area contributed by atoms with Crippen molar-refractivity contribution in [3.63, 3.8) is 0 Å². The molecule has 0 aromatic heterocycles. The van der Waals surface area contributed by atoms with Gasteiger partial charge in [-0.3, -0.25) is 9.59 Å². The van der Waals surface area contributed by atoms with Crippen molar-refractivity contribution < 1.29 is 24.2 Å². The van der Waals surface area contributed by atoms with Gasteiger partial charge in [0, 0.05) is 36.2 Å². The number of allylic oxidation sites excluding steroid dienone is 3. The molecule has 174 valence electrons. The van der Waals surface area contributed by atoms with Gasteiger partial charge >= 0.3 is 5.97 Å². The summed E-state index contributed by atoms with van der Waals surface area (Å²) in [7, 11) is 0. The van der Waals surface area contributed by atoms with E-state index in [4.69, 9.17) is 20.9 Å². The average Bonchev–Trinajstić information content (AvgIpc) is 2.77. The molecule has 32 heavy (non-hydrogen) atoms. The standard InChI is InChI=1S/C25H34N2O5/c1-22(2,30)20(28)16-6-8-19(9-7-16)31-24(4)14-25(5,15-24)32-21(29)23(3)11-10-17(26)12-18(27)13-23/h6-10,12,30H,11,13-15,26-27H2,1-5H3. The quantitative estimate of drug-likeness (QED) is 0.456. The summed E-state index contributed by atoms with van der Waals surface area (Å²) < 4.78 is 12.1. The number of carbonyl (C=O) groups excluding carboxylic acids is 2. The van der Waals surface area contributed by atoms with Gasteiger partial charge in [0.2, 0.25) is 0 Å². The SMILES string of the molecule is CC1(OC(=O)C2(C)CC=C(N)C=C(N)C2)CC(C)(Oc2ccc(C(=O)C(C)(C)O)cc2)C1. The number of aliphatic hydroxyl groups is 1. The Bertz CT molecular complexity index is 965. The lowest BCUT2D eigenvalue weighted by Gasteiger charge is -2.52. The Hall–Kier alpha value is -2.80. The molecule has 0 spiro atoms. The van der Waals surface area contributed by atoms with E-state index < -0.39 is 22.2 Å². The fourth-order valence-corrected chi connectivity index (χ4v) is 4.68. The molecule has 0 radical (unpaired) electrons. The van der Waals surface area contributed by atoms with Gasteiger partial charge in [0.05, 0.1) is 5.41 Å². The lowest BCUT2D eigenvalue weighted by atomic mass is 9.68. The summed E-state index contributed by atoms with van der Waals surface area (Å²) in [5.74, 6) is -0.0289. The number of hydrogen-bond acceptors (Lipinski definition) is 7. The van der Waals surface area contributed by atoms with Crippen LogP contribution in [0.5, 0.6) is 5.75 Å². The Labute approximate surface area is 189 Å². The maximum Gasteiger partial charge on any atom is 0.313 e. The van der Waals surface area contributed by atoms with Crippen LogP contribution < -0.4 is 16.2 Å². The first-order valence-corrected chi connectivity index (χ1v) is 10.8. The van der Waals surface area contributed by atoms with Crippen molar-refractivity contribution in [3.05, 3.63) is 53.4 Å². The largest absolute Gasteiger partial charge is 0.487 e. The molecule has 3 rings (SSSR count). The van der Waals surface area contributed by atoms with Crippen LogP contribution in [0.4, 0.5) is 0 Å². The molecule has 1 saturated carbocycles. The van der Waals surface area contributed by atoms with Gasteiger partial charge < -0.3 is 26.0 Å². The molecule has 1 aromatic rings. The highest BCUT2D eigenvalue weighted by Gasteiger charge is 2.55.